The molecule has 3 amide bonds. The zero-order valence-corrected chi connectivity index (χ0v) is 19.9. The predicted molar refractivity (Wildman–Crippen MR) is 123 cm³/mol. The highest BCUT2D eigenvalue weighted by Crippen LogP contribution is 2.61. The minimum absolute atomic E-state index is 0.00435. The summed E-state index contributed by atoms with van der Waals surface area (Å²) < 4.78 is 0. The third-order valence-electron chi connectivity index (χ3n) is 11.1. The molecule has 0 N–H and O–H groups in total. The molecule has 8 rings (SSSR count). The van der Waals surface area contributed by atoms with Crippen molar-refractivity contribution < 1.29 is 14.4 Å². The van der Waals surface area contributed by atoms with E-state index >= 15 is 0 Å². The molecule has 6 aliphatic carbocycles. The van der Waals surface area contributed by atoms with Crippen molar-refractivity contribution in [1.82, 2.24) is 14.7 Å². The highest BCUT2D eigenvalue weighted by atomic mass is 16.2. The highest BCUT2D eigenvalue weighted by Gasteiger charge is 2.60. The summed E-state index contributed by atoms with van der Waals surface area (Å²) >= 11 is 0. The molecular weight excluding hydrogens is 414 g/mol. The van der Waals surface area contributed by atoms with Gasteiger partial charge in [-0.15, -0.1) is 0 Å². The van der Waals surface area contributed by atoms with Crippen LogP contribution >= 0.6 is 0 Å². The summed E-state index contributed by atoms with van der Waals surface area (Å²) in [6.45, 7) is 4.60. The third kappa shape index (κ3) is 3.33. The Morgan fingerprint density at radius 3 is 1.85 bits per heavy atom. The van der Waals surface area contributed by atoms with Crippen LogP contribution < -0.4 is 0 Å². The maximum absolute atomic E-state index is 13.2. The Labute approximate surface area is 197 Å². The van der Waals surface area contributed by atoms with E-state index in [1.165, 1.54) is 38.5 Å². The molecule has 0 aromatic rings. The molecule has 8 fully saturated rings. The minimum atomic E-state index is -0.00435. The standard InChI is InChI=1S/C27H39N3O3/c31-22(16-27-13-17-9-18(14-27)11-19(10-17)15-27)29-6-3-28(4-7-29)5-8-30-25(32)23-20-1-2-21(12-20)24(23)26(30)33/h17-21,23-24H,1-16H2/t17?,18?,19?,20-,21+,23-,24-,27?/m0/s1. The fourth-order valence-electron chi connectivity index (χ4n) is 10.1. The molecule has 0 spiro atoms. The van der Waals surface area contributed by atoms with Crippen molar-refractivity contribution in [3.8, 4) is 0 Å². The topological polar surface area (TPSA) is 60.9 Å². The number of amides is 3. The van der Waals surface area contributed by atoms with E-state index in [9.17, 15) is 14.4 Å². The molecule has 6 nitrogen and oxygen atoms in total. The van der Waals surface area contributed by atoms with Crippen LogP contribution in [0, 0.1) is 46.8 Å². The van der Waals surface area contributed by atoms with Crippen LogP contribution in [0.15, 0.2) is 0 Å². The third-order valence-corrected chi connectivity index (χ3v) is 11.1. The van der Waals surface area contributed by atoms with Crippen molar-refractivity contribution in [3.05, 3.63) is 0 Å². The first-order valence-corrected chi connectivity index (χ1v) is 13.8. The molecule has 6 bridgehead atoms. The summed E-state index contributed by atoms with van der Waals surface area (Å²) in [5.41, 5.74) is 0.316. The van der Waals surface area contributed by atoms with Gasteiger partial charge in [0.15, 0.2) is 0 Å². The van der Waals surface area contributed by atoms with E-state index in [0.29, 0.717) is 29.7 Å². The smallest absolute Gasteiger partial charge is 0.233 e. The predicted octanol–water partition coefficient (Wildman–Crippen LogP) is 2.77. The molecule has 0 radical (unpaired) electrons. The van der Waals surface area contributed by atoms with Gasteiger partial charge in [0.05, 0.1) is 11.8 Å². The van der Waals surface area contributed by atoms with Crippen molar-refractivity contribution in [3.63, 3.8) is 0 Å². The minimum Gasteiger partial charge on any atom is -0.340 e. The number of nitrogens with zero attached hydrogens (tertiary/aromatic N) is 3. The van der Waals surface area contributed by atoms with Gasteiger partial charge in [0, 0.05) is 45.7 Å². The molecular formula is C27H39N3O3. The number of likely N-dealkylation sites (tertiary alicyclic amines) is 1. The number of imide groups is 1. The van der Waals surface area contributed by atoms with Gasteiger partial charge in [0.2, 0.25) is 17.7 Å². The van der Waals surface area contributed by atoms with E-state index in [4.69, 9.17) is 0 Å². The molecule has 4 atom stereocenters. The van der Waals surface area contributed by atoms with Crippen LogP contribution in [0.3, 0.4) is 0 Å². The normalized spacial score (nSPS) is 46.0. The van der Waals surface area contributed by atoms with Gasteiger partial charge < -0.3 is 4.90 Å². The van der Waals surface area contributed by atoms with Crippen LogP contribution in [-0.4, -0.2) is 71.7 Å². The average Bonchev–Trinajstić information content (AvgIpc) is 3.46. The first-order valence-electron chi connectivity index (χ1n) is 13.8. The lowest BCUT2D eigenvalue weighted by atomic mass is 9.49. The first kappa shape index (κ1) is 20.9. The summed E-state index contributed by atoms with van der Waals surface area (Å²) in [5.74, 6) is 4.21. The van der Waals surface area contributed by atoms with Gasteiger partial charge in [0.1, 0.15) is 0 Å². The largest absolute Gasteiger partial charge is 0.340 e. The number of rotatable bonds is 5. The summed E-state index contributed by atoms with van der Waals surface area (Å²) in [7, 11) is 0. The van der Waals surface area contributed by atoms with Crippen LogP contribution in [-0.2, 0) is 14.4 Å². The van der Waals surface area contributed by atoms with E-state index in [2.05, 4.69) is 9.80 Å². The summed E-state index contributed by atoms with van der Waals surface area (Å²) in [6.07, 6.45) is 12.3. The fourth-order valence-corrected chi connectivity index (χ4v) is 10.1. The second-order valence-electron chi connectivity index (χ2n) is 13.0. The van der Waals surface area contributed by atoms with Crippen molar-refractivity contribution in [2.24, 2.45) is 46.8 Å². The Hall–Kier alpha value is -1.43. The van der Waals surface area contributed by atoms with Crippen molar-refractivity contribution in [2.45, 2.75) is 64.2 Å². The number of hydrogen-bond acceptors (Lipinski definition) is 4. The lowest BCUT2D eigenvalue weighted by Crippen LogP contribution is -2.53. The number of carbonyl (C=O) groups is 3. The van der Waals surface area contributed by atoms with Crippen LogP contribution in [0.5, 0.6) is 0 Å². The second-order valence-corrected chi connectivity index (χ2v) is 13.0. The molecule has 2 heterocycles. The Morgan fingerprint density at radius 1 is 0.758 bits per heavy atom. The fraction of sp³-hybridized carbons (Fsp3) is 0.889. The molecule has 6 saturated carbocycles. The van der Waals surface area contributed by atoms with Crippen molar-refractivity contribution in [1.29, 1.82) is 0 Å². The number of hydrogen-bond donors (Lipinski definition) is 0. The monoisotopic (exact) mass is 453 g/mol. The SMILES string of the molecule is O=C(CC12CC3CC(CC(C3)C1)C2)N1CCN(CCN2C(=O)[C@H]3[C@@H]4CC[C@@H](C4)[C@@H]3C2=O)CC1. The number of piperazine rings is 1. The quantitative estimate of drug-likeness (QED) is 0.601. The van der Waals surface area contributed by atoms with E-state index in [1.807, 2.05) is 0 Å². The Morgan fingerprint density at radius 2 is 1.30 bits per heavy atom. The van der Waals surface area contributed by atoms with E-state index < -0.39 is 0 Å². The molecule has 0 aromatic carbocycles. The Balaban J connectivity index is 0.905. The number of fused-ring (bicyclic) bond motifs is 5. The highest BCUT2D eigenvalue weighted by molar-refractivity contribution is 6.06. The average molecular weight is 454 g/mol. The van der Waals surface area contributed by atoms with Crippen molar-refractivity contribution in [2.75, 3.05) is 39.3 Å². The molecule has 8 aliphatic rings. The second kappa shape index (κ2) is 7.53. The van der Waals surface area contributed by atoms with Crippen LogP contribution in [0.1, 0.15) is 64.2 Å². The van der Waals surface area contributed by atoms with Crippen LogP contribution in [0.25, 0.3) is 0 Å². The summed E-state index contributed by atoms with van der Waals surface area (Å²) in [5, 5.41) is 0. The van der Waals surface area contributed by atoms with Gasteiger partial charge in [-0.1, -0.05) is 0 Å². The van der Waals surface area contributed by atoms with Crippen LogP contribution in [0.4, 0.5) is 0 Å². The molecule has 33 heavy (non-hydrogen) atoms. The molecule has 6 heteroatoms. The molecule has 0 unspecified atom stereocenters. The maximum Gasteiger partial charge on any atom is 0.233 e. The van der Waals surface area contributed by atoms with Gasteiger partial charge in [-0.05, 0) is 92.8 Å². The molecule has 2 saturated heterocycles. The van der Waals surface area contributed by atoms with Gasteiger partial charge in [0.25, 0.3) is 0 Å². The first-order chi connectivity index (χ1) is 16.0. The lowest BCUT2D eigenvalue weighted by Gasteiger charge is -2.57. The van der Waals surface area contributed by atoms with E-state index in [-0.39, 0.29) is 23.7 Å². The lowest BCUT2D eigenvalue weighted by molar-refractivity contribution is -0.141. The molecule has 0 aromatic heterocycles. The molecule has 180 valence electrons. The van der Waals surface area contributed by atoms with Gasteiger partial charge >= 0.3 is 0 Å². The Kier molecular flexibility index (Phi) is 4.77. The Bertz CT molecular complexity index is 799. The number of carbonyl (C=O) groups excluding carboxylic acids is 3. The van der Waals surface area contributed by atoms with Gasteiger partial charge in [-0.2, -0.15) is 0 Å². The van der Waals surface area contributed by atoms with Crippen LogP contribution in [0.2, 0.25) is 0 Å². The van der Waals surface area contributed by atoms with Gasteiger partial charge in [-0.25, -0.2) is 0 Å². The zero-order chi connectivity index (χ0) is 22.3. The van der Waals surface area contributed by atoms with Gasteiger partial charge in [-0.3, -0.25) is 24.2 Å². The maximum atomic E-state index is 13.2. The molecule has 2 aliphatic heterocycles. The zero-order valence-electron chi connectivity index (χ0n) is 19.9. The van der Waals surface area contributed by atoms with E-state index in [0.717, 1.165) is 76.2 Å². The summed E-state index contributed by atoms with van der Waals surface area (Å²) in [6, 6.07) is 0. The van der Waals surface area contributed by atoms with Crippen molar-refractivity contribution >= 4 is 17.7 Å². The van der Waals surface area contributed by atoms with E-state index in [1.54, 1.807) is 4.90 Å². The summed E-state index contributed by atoms with van der Waals surface area (Å²) in [4.78, 5) is 45.1.